The predicted molar refractivity (Wildman–Crippen MR) is 120 cm³/mol. The molecule has 3 aromatic carbocycles. The van der Waals surface area contributed by atoms with Gasteiger partial charge in [0.05, 0.1) is 0 Å². The Labute approximate surface area is 171 Å². The number of hydrogen-bond acceptors (Lipinski definition) is 1. The Kier molecular flexibility index (Phi) is 6.48. The summed E-state index contributed by atoms with van der Waals surface area (Å²) in [6, 6.07) is 25.5. The summed E-state index contributed by atoms with van der Waals surface area (Å²) in [5.74, 6) is 3.64. The first kappa shape index (κ1) is 19.1. The van der Waals surface area contributed by atoms with E-state index in [4.69, 9.17) is 0 Å². The third kappa shape index (κ3) is 5.17. The summed E-state index contributed by atoms with van der Waals surface area (Å²) in [6.07, 6.45) is 3.85. The van der Waals surface area contributed by atoms with Gasteiger partial charge in [-0.2, -0.15) is 0 Å². The first-order chi connectivity index (χ1) is 12.5. The monoisotopic (exact) mass is 486 g/mol. The highest BCUT2D eigenvalue weighted by Crippen LogP contribution is 2.48. The molecule has 3 rings (SSSR count). The molecule has 3 aromatic rings. The van der Waals surface area contributed by atoms with Crippen molar-refractivity contribution in [3.05, 3.63) is 111 Å². The highest BCUT2D eigenvalue weighted by molar-refractivity contribution is 9.10. The molecular formula is C22H17Br2OP. The van der Waals surface area contributed by atoms with E-state index in [-0.39, 0.29) is 0 Å². The Bertz CT molecular complexity index is 900. The van der Waals surface area contributed by atoms with E-state index >= 15 is 0 Å². The molecule has 0 aliphatic carbocycles. The van der Waals surface area contributed by atoms with Gasteiger partial charge in [0, 0.05) is 14.2 Å². The Hall–Kier alpha value is -1.67. The van der Waals surface area contributed by atoms with Crippen molar-refractivity contribution in [3.63, 3.8) is 0 Å². The molecule has 0 fully saturated rings. The molecule has 0 N–H and O–H groups in total. The molecule has 0 aliphatic heterocycles. The predicted octanol–water partition coefficient (Wildman–Crippen LogP) is 7.54. The van der Waals surface area contributed by atoms with Crippen molar-refractivity contribution in [2.45, 2.75) is 0 Å². The Morgan fingerprint density at radius 1 is 0.615 bits per heavy atom. The highest BCUT2D eigenvalue weighted by atomic mass is 79.9. The molecule has 0 radical (unpaired) electrons. The minimum absolute atomic E-state index is 0.821. The summed E-state index contributed by atoms with van der Waals surface area (Å²) in [7, 11) is -2.81. The van der Waals surface area contributed by atoms with E-state index < -0.39 is 7.14 Å². The maximum Gasteiger partial charge on any atom is 0.157 e. The molecule has 0 heterocycles. The van der Waals surface area contributed by atoms with Gasteiger partial charge in [-0.1, -0.05) is 98.6 Å². The van der Waals surface area contributed by atoms with Gasteiger partial charge in [0.25, 0.3) is 0 Å². The van der Waals surface area contributed by atoms with E-state index in [0.717, 1.165) is 25.4 Å². The van der Waals surface area contributed by atoms with Crippen molar-refractivity contribution in [2.75, 3.05) is 0 Å². The lowest BCUT2D eigenvalue weighted by molar-refractivity contribution is 0.592. The minimum Gasteiger partial charge on any atom is -0.310 e. The van der Waals surface area contributed by atoms with Gasteiger partial charge in [-0.05, 0) is 47.0 Å². The van der Waals surface area contributed by atoms with Crippen LogP contribution in [-0.4, -0.2) is 0 Å². The van der Waals surface area contributed by atoms with Crippen LogP contribution in [0.25, 0.3) is 12.2 Å². The van der Waals surface area contributed by atoms with Crippen molar-refractivity contribution in [1.29, 1.82) is 0 Å². The largest absolute Gasteiger partial charge is 0.310 e. The molecule has 0 spiro atoms. The summed E-state index contributed by atoms with van der Waals surface area (Å²) in [6.45, 7) is 0. The zero-order chi connectivity index (χ0) is 18.4. The lowest BCUT2D eigenvalue weighted by atomic mass is 10.2. The van der Waals surface area contributed by atoms with Crippen LogP contribution in [0.1, 0.15) is 11.1 Å². The first-order valence-corrected chi connectivity index (χ1v) is 11.5. The Morgan fingerprint density at radius 2 is 1.04 bits per heavy atom. The molecule has 4 heteroatoms. The Balaban J connectivity index is 1.95. The fourth-order valence-electron chi connectivity index (χ4n) is 2.42. The quantitative estimate of drug-likeness (QED) is 0.339. The number of rotatable bonds is 5. The molecular weight excluding hydrogens is 471 g/mol. The van der Waals surface area contributed by atoms with Crippen molar-refractivity contribution in [3.8, 4) is 0 Å². The van der Waals surface area contributed by atoms with Crippen LogP contribution >= 0.6 is 39.0 Å². The number of halogens is 2. The molecule has 1 nitrogen and oxygen atoms in total. The lowest BCUT2D eigenvalue weighted by Crippen LogP contribution is -1.99. The molecule has 130 valence electrons. The van der Waals surface area contributed by atoms with Gasteiger partial charge < -0.3 is 4.57 Å². The number of benzene rings is 3. The molecule has 0 atom stereocenters. The topological polar surface area (TPSA) is 17.1 Å². The molecule has 26 heavy (non-hydrogen) atoms. The van der Waals surface area contributed by atoms with Crippen LogP contribution in [0.2, 0.25) is 0 Å². The lowest BCUT2D eigenvalue weighted by Gasteiger charge is -2.10. The summed E-state index contributed by atoms with van der Waals surface area (Å²) in [4.78, 5) is 0. The van der Waals surface area contributed by atoms with Crippen molar-refractivity contribution < 1.29 is 4.57 Å². The zero-order valence-electron chi connectivity index (χ0n) is 13.9. The molecule has 0 saturated carbocycles. The van der Waals surface area contributed by atoms with E-state index in [1.807, 2.05) is 103 Å². The fraction of sp³-hybridized carbons (Fsp3) is 0. The van der Waals surface area contributed by atoms with Gasteiger partial charge in [-0.3, -0.25) is 0 Å². The van der Waals surface area contributed by atoms with Crippen LogP contribution in [0.3, 0.4) is 0 Å². The maximum absolute atomic E-state index is 13.7. The van der Waals surface area contributed by atoms with Gasteiger partial charge in [0.1, 0.15) is 0 Å². The van der Waals surface area contributed by atoms with Crippen LogP contribution in [0.15, 0.2) is 99.4 Å². The third-order valence-corrected chi connectivity index (χ3v) is 7.22. The van der Waals surface area contributed by atoms with Crippen LogP contribution in [-0.2, 0) is 4.57 Å². The molecule has 0 saturated heterocycles. The van der Waals surface area contributed by atoms with Gasteiger partial charge in [-0.15, -0.1) is 0 Å². The molecule has 0 unspecified atom stereocenters. The zero-order valence-corrected chi connectivity index (χ0v) is 18.0. The van der Waals surface area contributed by atoms with Crippen LogP contribution < -0.4 is 5.30 Å². The standard InChI is InChI=1S/C22H17Br2OP/c23-20-10-6-18(7-11-20)14-16-26(25,22-4-2-1-3-5-22)17-15-19-8-12-21(24)13-9-19/h1-17H/b16-14-,17-15-. The van der Waals surface area contributed by atoms with Gasteiger partial charge in [0.15, 0.2) is 7.14 Å². The van der Waals surface area contributed by atoms with Crippen molar-refractivity contribution >= 4 is 56.5 Å². The average Bonchev–Trinajstić information content (AvgIpc) is 2.68. The SMILES string of the molecule is O=P(/C=C\c1ccc(Br)cc1)(/C=C\c1ccc(Br)cc1)c1ccccc1. The van der Waals surface area contributed by atoms with E-state index in [1.165, 1.54) is 0 Å². The second-order valence-electron chi connectivity index (χ2n) is 5.78. The number of hydrogen-bond donors (Lipinski definition) is 0. The van der Waals surface area contributed by atoms with Gasteiger partial charge >= 0.3 is 0 Å². The van der Waals surface area contributed by atoms with Gasteiger partial charge in [-0.25, -0.2) is 0 Å². The van der Waals surface area contributed by atoms with E-state index in [9.17, 15) is 4.57 Å². The Morgan fingerprint density at radius 3 is 1.46 bits per heavy atom. The molecule has 0 aliphatic rings. The second kappa shape index (κ2) is 8.81. The average molecular weight is 488 g/mol. The van der Waals surface area contributed by atoms with Crippen molar-refractivity contribution in [2.24, 2.45) is 0 Å². The van der Waals surface area contributed by atoms with E-state index in [1.54, 1.807) is 0 Å². The summed E-state index contributed by atoms with van der Waals surface area (Å²) >= 11 is 6.87. The van der Waals surface area contributed by atoms with Crippen molar-refractivity contribution in [1.82, 2.24) is 0 Å². The molecule has 0 bridgehead atoms. The highest BCUT2D eigenvalue weighted by Gasteiger charge is 2.17. The maximum atomic E-state index is 13.7. The van der Waals surface area contributed by atoms with Crippen LogP contribution in [0, 0.1) is 0 Å². The molecule has 0 amide bonds. The van der Waals surface area contributed by atoms with E-state index in [0.29, 0.717) is 0 Å². The summed E-state index contributed by atoms with van der Waals surface area (Å²) in [5.41, 5.74) is 2.03. The normalized spacial score (nSPS) is 12.1. The fourth-order valence-corrected chi connectivity index (χ4v) is 4.82. The summed E-state index contributed by atoms with van der Waals surface area (Å²) in [5, 5.41) is 0.821. The summed E-state index contributed by atoms with van der Waals surface area (Å²) < 4.78 is 15.8. The second-order valence-corrected chi connectivity index (χ2v) is 10.1. The van der Waals surface area contributed by atoms with E-state index in [2.05, 4.69) is 31.9 Å². The minimum atomic E-state index is -2.81. The van der Waals surface area contributed by atoms with Gasteiger partial charge in [0.2, 0.25) is 0 Å². The third-order valence-electron chi connectivity index (χ3n) is 3.88. The van der Waals surface area contributed by atoms with Crippen LogP contribution in [0.4, 0.5) is 0 Å². The van der Waals surface area contributed by atoms with Crippen LogP contribution in [0.5, 0.6) is 0 Å². The first-order valence-electron chi connectivity index (χ1n) is 8.10. The molecule has 0 aromatic heterocycles. The smallest absolute Gasteiger partial charge is 0.157 e.